The fourth-order valence-corrected chi connectivity index (χ4v) is 5.52. The maximum absolute atomic E-state index is 5.70. The molecule has 0 spiro atoms. The minimum absolute atomic E-state index is 0.414. The van der Waals surface area contributed by atoms with E-state index in [2.05, 4.69) is 38.4 Å². The van der Waals surface area contributed by atoms with E-state index in [0.717, 1.165) is 79.8 Å². The number of methoxy groups -OCH3 is 1. The highest BCUT2D eigenvalue weighted by Crippen LogP contribution is 2.36. The zero-order chi connectivity index (χ0) is 21.0. The van der Waals surface area contributed by atoms with Crippen molar-refractivity contribution in [3.63, 3.8) is 0 Å². The van der Waals surface area contributed by atoms with E-state index in [1.807, 2.05) is 12.1 Å². The fourth-order valence-electron chi connectivity index (χ4n) is 4.44. The first-order chi connectivity index (χ1) is 15.3. The van der Waals surface area contributed by atoms with Crippen molar-refractivity contribution in [1.29, 1.82) is 0 Å². The Bertz CT molecular complexity index is 998. The van der Waals surface area contributed by atoms with Crippen molar-refractivity contribution in [2.75, 3.05) is 58.5 Å². The fraction of sp³-hybridized carbons (Fsp3) is 0.478. The van der Waals surface area contributed by atoms with E-state index in [0.29, 0.717) is 12.0 Å². The standard InChI is InChI=1S/C23H28N4O3S/c1-28-18-4-2-16(3-5-18)21-12-19-22(31-21)23(26-15-25-19)24-13-20(17-6-9-30-14-17)27-7-10-29-11-8-27/h2-5,12,15,17,20H,6-11,13-14H2,1H3,(H,24,25,26)/t17-,20-/m0/s1. The molecule has 0 aliphatic carbocycles. The average molecular weight is 441 g/mol. The first-order valence-corrected chi connectivity index (χ1v) is 11.7. The molecule has 31 heavy (non-hydrogen) atoms. The van der Waals surface area contributed by atoms with E-state index >= 15 is 0 Å². The molecule has 2 saturated heterocycles. The van der Waals surface area contributed by atoms with Crippen LogP contribution < -0.4 is 10.1 Å². The maximum atomic E-state index is 5.70. The molecule has 0 bridgehead atoms. The monoisotopic (exact) mass is 440 g/mol. The van der Waals surface area contributed by atoms with Crippen LogP contribution in [-0.4, -0.2) is 74.1 Å². The van der Waals surface area contributed by atoms with Gasteiger partial charge in [-0.3, -0.25) is 4.90 Å². The summed E-state index contributed by atoms with van der Waals surface area (Å²) in [6.07, 6.45) is 2.76. The Hall–Kier alpha value is -2.26. The highest BCUT2D eigenvalue weighted by Gasteiger charge is 2.31. The third-order valence-corrected chi connectivity index (χ3v) is 7.37. The lowest BCUT2D eigenvalue weighted by molar-refractivity contribution is 0.00460. The van der Waals surface area contributed by atoms with Crippen LogP contribution in [0, 0.1) is 5.92 Å². The zero-order valence-corrected chi connectivity index (χ0v) is 18.6. The highest BCUT2D eigenvalue weighted by molar-refractivity contribution is 7.22. The molecule has 2 aliphatic rings. The highest BCUT2D eigenvalue weighted by atomic mass is 32.1. The summed E-state index contributed by atoms with van der Waals surface area (Å²) < 4.78 is 17.6. The third-order valence-electron chi connectivity index (χ3n) is 6.19. The summed E-state index contributed by atoms with van der Waals surface area (Å²) in [5.74, 6) is 2.31. The molecule has 2 atom stereocenters. The van der Waals surface area contributed by atoms with Crippen LogP contribution in [0.3, 0.4) is 0 Å². The van der Waals surface area contributed by atoms with Gasteiger partial charge in [-0.05, 0) is 42.3 Å². The van der Waals surface area contributed by atoms with Crippen LogP contribution >= 0.6 is 11.3 Å². The summed E-state index contributed by atoms with van der Waals surface area (Å²) in [5, 5.41) is 3.65. The molecule has 7 nitrogen and oxygen atoms in total. The number of hydrogen-bond donors (Lipinski definition) is 1. The number of nitrogens with zero attached hydrogens (tertiary/aromatic N) is 3. The summed E-state index contributed by atoms with van der Waals surface area (Å²) in [6.45, 7) is 6.10. The predicted molar refractivity (Wildman–Crippen MR) is 123 cm³/mol. The van der Waals surface area contributed by atoms with E-state index in [1.54, 1.807) is 24.8 Å². The van der Waals surface area contributed by atoms with Gasteiger partial charge < -0.3 is 19.5 Å². The average Bonchev–Trinajstić information content (AvgIpc) is 3.51. The lowest BCUT2D eigenvalue weighted by atomic mass is 9.97. The van der Waals surface area contributed by atoms with Crippen molar-refractivity contribution in [3.8, 4) is 16.2 Å². The molecule has 164 valence electrons. The van der Waals surface area contributed by atoms with E-state index in [4.69, 9.17) is 14.2 Å². The number of ether oxygens (including phenoxy) is 3. The number of morpholine rings is 1. The molecule has 0 saturated carbocycles. The van der Waals surface area contributed by atoms with Crippen molar-refractivity contribution in [2.24, 2.45) is 5.92 Å². The van der Waals surface area contributed by atoms with Crippen molar-refractivity contribution < 1.29 is 14.2 Å². The molecule has 2 aromatic heterocycles. The van der Waals surface area contributed by atoms with Crippen molar-refractivity contribution in [2.45, 2.75) is 12.5 Å². The summed E-state index contributed by atoms with van der Waals surface area (Å²) in [7, 11) is 1.68. The van der Waals surface area contributed by atoms with Gasteiger partial charge in [0.05, 0.1) is 37.1 Å². The first kappa shape index (κ1) is 20.6. The van der Waals surface area contributed by atoms with E-state index in [9.17, 15) is 0 Å². The zero-order valence-electron chi connectivity index (χ0n) is 17.8. The van der Waals surface area contributed by atoms with Gasteiger partial charge in [-0.15, -0.1) is 11.3 Å². The number of fused-ring (bicyclic) bond motifs is 1. The Labute approximate surface area is 186 Å². The summed E-state index contributed by atoms with van der Waals surface area (Å²) in [4.78, 5) is 12.8. The van der Waals surface area contributed by atoms with E-state index < -0.39 is 0 Å². The largest absolute Gasteiger partial charge is 0.497 e. The molecular weight excluding hydrogens is 412 g/mol. The van der Waals surface area contributed by atoms with Crippen LogP contribution in [0.25, 0.3) is 20.7 Å². The van der Waals surface area contributed by atoms with Gasteiger partial charge in [-0.25, -0.2) is 9.97 Å². The van der Waals surface area contributed by atoms with Crippen LogP contribution in [0.1, 0.15) is 6.42 Å². The molecule has 0 radical (unpaired) electrons. The second kappa shape index (κ2) is 9.48. The number of benzene rings is 1. The number of thiophene rings is 1. The SMILES string of the molecule is COc1ccc(-c2cc3ncnc(NC[C@@H]([C@H]4CCOC4)N4CCOCC4)c3s2)cc1. The minimum atomic E-state index is 0.414. The predicted octanol–water partition coefficient (Wildman–Crippen LogP) is 3.52. The molecule has 2 fully saturated rings. The molecular formula is C23H28N4O3S. The lowest BCUT2D eigenvalue weighted by Crippen LogP contribution is -2.50. The lowest BCUT2D eigenvalue weighted by Gasteiger charge is -2.37. The van der Waals surface area contributed by atoms with Gasteiger partial charge in [0, 0.05) is 43.1 Å². The van der Waals surface area contributed by atoms with Gasteiger partial charge in [0.25, 0.3) is 0 Å². The molecule has 0 unspecified atom stereocenters. The Morgan fingerprint density at radius 1 is 1.16 bits per heavy atom. The number of aromatic nitrogens is 2. The Morgan fingerprint density at radius 2 is 2.00 bits per heavy atom. The number of anilines is 1. The number of hydrogen-bond acceptors (Lipinski definition) is 8. The molecule has 1 N–H and O–H groups in total. The van der Waals surface area contributed by atoms with Crippen molar-refractivity contribution in [1.82, 2.24) is 14.9 Å². The van der Waals surface area contributed by atoms with E-state index in [-0.39, 0.29) is 0 Å². The van der Waals surface area contributed by atoms with Gasteiger partial charge in [0.15, 0.2) is 0 Å². The van der Waals surface area contributed by atoms with Crippen molar-refractivity contribution >= 4 is 27.4 Å². The van der Waals surface area contributed by atoms with Gasteiger partial charge in [0.2, 0.25) is 0 Å². The second-order valence-electron chi connectivity index (χ2n) is 8.00. The number of rotatable bonds is 7. The van der Waals surface area contributed by atoms with Crippen LogP contribution in [0.15, 0.2) is 36.7 Å². The molecule has 2 aliphatic heterocycles. The quantitative estimate of drug-likeness (QED) is 0.603. The molecule has 1 aromatic carbocycles. The first-order valence-electron chi connectivity index (χ1n) is 10.8. The van der Waals surface area contributed by atoms with Gasteiger partial charge in [-0.2, -0.15) is 0 Å². The maximum Gasteiger partial charge on any atom is 0.147 e. The van der Waals surface area contributed by atoms with Gasteiger partial charge in [-0.1, -0.05) is 0 Å². The summed E-state index contributed by atoms with van der Waals surface area (Å²) >= 11 is 1.72. The van der Waals surface area contributed by atoms with Crippen LogP contribution in [0.2, 0.25) is 0 Å². The normalized spacial score (nSPS) is 20.7. The van der Waals surface area contributed by atoms with Crippen LogP contribution in [0.4, 0.5) is 5.82 Å². The van der Waals surface area contributed by atoms with Crippen molar-refractivity contribution in [3.05, 3.63) is 36.7 Å². The summed E-state index contributed by atoms with van der Waals surface area (Å²) in [6, 6.07) is 10.7. The molecule has 0 amide bonds. The molecule has 4 heterocycles. The minimum Gasteiger partial charge on any atom is -0.497 e. The summed E-state index contributed by atoms with van der Waals surface area (Å²) in [5.41, 5.74) is 2.13. The van der Waals surface area contributed by atoms with Crippen LogP contribution in [0.5, 0.6) is 5.75 Å². The van der Waals surface area contributed by atoms with Gasteiger partial charge >= 0.3 is 0 Å². The smallest absolute Gasteiger partial charge is 0.147 e. The molecule has 3 aromatic rings. The molecule has 8 heteroatoms. The number of nitrogens with one attached hydrogen (secondary N) is 1. The van der Waals surface area contributed by atoms with Crippen LogP contribution in [-0.2, 0) is 9.47 Å². The Balaban J connectivity index is 1.36. The third kappa shape index (κ3) is 4.52. The topological polar surface area (TPSA) is 68.7 Å². The van der Waals surface area contributed by atoms with E-state index in [1.165, 1.54) is 4.88 Å². The Kier molecular flexibility index (Phi) is 6.31. The Morgan fingerprint density at radius 3 is 2.74 bits per heavy atom. The van der Waals surface area contributed by atoms with Gasteiger partial charge in [0.1, 0.15) is 17.9 Å². The second-order valence-corrected chi connectivity index (χ2v) is 9.05. The molecule has 5 rings (SSSR count).